The number of nitrogens with one attached hydrogen (secondary N) is 1. The molecule has 3 rings (SSSR count). The summed E-state index contributed by atoms with van der Waals surface area (Å²) < 4.78 is 0. The molecule has 4 nitrogen and oxygen atoms in total. The summed E-state index contributed by atoms with van der Waals surface area (Å²) >= 11 is 0. The topological polar surface area (TPSA) is 67.6 Å². The third-order valence-electron chi connectivity index (χ3n) is 3.31. The van der Waals surface area contributed by atoms with E-state index in [-0.39, 0.29) is 0 Å². The maximum Gasteiger partial charge on any atom is 0.127 e. The normalized spacial score (nSPS) is 15.4. The Labute approximate surface area is 106 Å². The molecule has 0 spiro atoms. The van der Waals surface area contributed by atoms with Crippen LogP contribution < -0.4 is 5.73 Å². The first-order valence-electron chi connectivity index (χ1n) is 6.31. The van der Waals surface area contributed by atoms with Gasteiger partial charge in [-0.15, -0.1) is 0 Å². The van der Waals surface area contributed by atoms with Crippen LogP contribution in [0.5, 0.6) is 0 Å². The van der Waals surface area contributed by atoms with Crippen LogP contribution in [0.4, 0.5) is 5.82 Å². The van der Waals surface area contributed by atoms with E-state index in [1.54, 1.807) is 6.20 Å². The molecule has 1 aliphatic rings. The van der Waals surface area contributed by atoms with Crippen molar-refractivity contribution >= 4 is 11.4 Å². The molecule has 0 fully saturated rings. The molecule has 0 amide bonds. The monoisotopic (exact) mass is 240 g/mol. The quantitative estimate of drug-likeness (QED) is 0.847. The number of aromatic amines is 1. The number of H-pyrrole nitrogens is 1. The molecule has 2 heterocycles. The second-order valence-corrected chi connectivity index (χ2v) is 4.55. The predicted molar refractivity (Wildman–Crippen MR) is 72.7 cm³/mol. The molecule has 0 bridgehead atoms. The molecule has 0 saturated heterocycles. The number of hydrogen-bond acceptors (Lipinski definition) is 3. The Bertz CT molecular complexity index is 569. The van der Waals surface area contributed by atoms with Gasteiger partial charge in [-0.3, -0.25) is 10.1 Å². The number of nitrogens with two attached hydrogens (primary N) is 1. The number of anilines is 1. The average Bonchev–Trinajstić information content (AvgIpc) is 2.83. The molecule has 2 aromatic rings. The zero-order chi connectivity index (χ0) is 12.4. The first-order chi connectivity index (χ1) is 8.86. The molecule has 0 aromatic carbocycles. The average molecular weight is 240 g/mol. The minimum atomic E-state index is 0.642. The van der Waals surface area contributed by atoms with E-state index in [1.165, 1.54) is 18.4 Å². The van der Waals surface area contributed by atoms with Crippen molar-refractivity contribution < 1.29 is 0 Å². The molecule has 92 valence electrons. The molecular formula is C14H16N4. The molecule has 0 unspecified atom stereocenters. The van der Waals surface area contributed by atoms with Crippen molar-refractivity contribution in [3.8, 4) is 11.4 Å². The number of nitrogens with zero attached hydrogens (tertiary/aromatic N) is 2. The van der Waals surface area contributed by atoms with E-state index in [0.29, 0.717) is 5.82 Å². The number of allylic oxidation sites excluding steroid dienone is 2. The van der Waals surface area contributed by atoms with Crippen LogP contribution in [0.2, 0.25) is 0 Å². The van der Waals surface area contributed by atoms with Gasteiger partial charge >= 0.3 is 0 Å². The van der Waals surface area contributed by atoms with Gasteiger partial charge in [-0.1, -0.05) is 12.1 Å². The van der Waals surface area contributed by atoms with Gasteiger partial charge in [-0.2, -0.15) is 5.10 Å². The minimum absolute atomic E-state index is 0.642. The predicted octanol–water partition coefficient (Wildman–Crippen LogP) is 3.01. The summed E-state index contributed by atoms with van der Waals surface area (Å²) in [4.78, 5) is 4.35. The highest BCUT2D eigenvalue weighted by molar-refractivity contribution is 5.83. The third-order valence-corrected chi connectivity index (χ3v) is 3.31. The largest absolute Gasteiger partial charge is 0.384 e. The molecule has 2 aromatic heterocycles. The van der Waals surface area contributed by atoms with E-state index < -0.39 is 0 Å². The summed E-state index contributed by atoms with van der Waals surface area (Å²) in [6, 6.07) is 5.83. The van der Waals surface area contributed by atoms with Crippen molar-refractivity contribution in [2.24, 2.45) is 0 Å². The third kappa shape index (κ3) is 1.90. The van der Waals surface area contributed by atoms with Gasteiger partial charge in [0.05, 0.1) is 5.69 Å². The second-order valence-electron chi connectivity index (χ2n) is 4.55. The summed E-state index contributed by atoms with van der Waals surface area (Å²) in [6.07, 6.45) is 8.74. The molecule has 0 saturated carbocycles. The fourth-order valence-electron chi connectivity index (χ4n) is 2.43. The van der Waals surface area contributed by atoms with Crippen molar-refractivity contribution in [3.05, 3.63) is 36.0 Å². The Morgan fingerprint density at radius 1 is 1.22 bits per heavy atom. The van der Waals surface area contributed by atoms with Gasteiger partial charge in [-0.05, 0) is 43.4 Å². The smallest absolute Gasteiger partial charge is 0.127 e. The molecule has 0 aliphatic heterocycles. The van der Waals surface area contributed by atoms with Crippen LogP contribution in [0.1, 0.15) is 31.2 Å². The highest BCUT2D eigenvalue weighted by Gasteiger charge is 2.18. The van der Waals surface area contributed by atoms with Gasteiger partial charge in [0.2, 0.25) is 0 Å². The Kier molecular flexibility index (Phi) is 2.84. The molecule has 3 N–H and O–H groups in total. The van der Waals surface area contributed by atoms with Crippen molar-refractivity contribution in [2.45, 2.75) is 25.7 Å². The molecule has 4 heteroatoms. The van der Waals surface area contributed by atoms with Crippen LogP contribution >= 0.6 is 0 Å². The lowest BCUT2D eigenvalue weighted by atomic mass is 9.92. The number of nitrogen functional groups attached to an aromatic ring is 1. The maximum absolute atomic E-state index is 6.02. The summed E-state index contributed by atoms with van der Waals surface area (Å²) in [5, 5.41) is 7.19. The van der Waals surface area contributed by atoms with Gasteiger partial charge in [0.15, 0.2) is 0 Å². The highest BCUT2D eigenvalue weighted by Crippen LogP contribution is 2.35. The van der Waals surface area contributed by atoms with Crippen LogP contribution in [0, 0.1) is 0 Å². The second kappa shape index (κ2) is 4.64. The fourth-order valence-corrected chi connectivity index (χ4v) is 2.43. The van der Waals surface area contributed by atoms with Gasteiger partial charge in [0, 0.05) is 11.8 Å². The Balaban J connectivity index is 2.09. The Morgan fingerprint density at radius 3 is 2.89 bits per heavy atom. The van der Waals surface area contributed by atoms with Crippen molar-refractivity contribution in [1.29, 1.82) is 0 Å². The lowest BCUT2D eigenvalue weighted by Gasteiger charge is -2.13. The van der Waals surface area contributed by atoms with E-state index >= 15 is 0 Å². The minimum Gasteiger partial charge on any atom is -0.384 e. The van der Waals surface area contributed by atoms with E-state index in [9.17, 15) is 0 Å². The number of pyridine rings is 1. The lowest BCUT2D eigenvalue weighted by Crippen LogP contribution is -1.97. The molecule has 0 radical (unpaired) electrons. The lowest BCUT2D eigenvalue weighted by molar-refractivity contribution is 0.742. The van der Waals surface area contributed by atoms with Crippen molar-refractivity contribution in [2.75, 3.05) is 5.73 Å². The SMILES string of the molecule is Nc1[nH]nc(-c2ccccn2)c1C1=CCCCC1. The maximum atomic E-state index is 6.02. The van der Waals surface area contributed by atoms with E-state index in [4.69, 9.17) is 5.73 Å². The van der Waals surface area contributed by atoms with E-state index in [2.05, 4.69) is 21.3 Å². The highest BCUT2D eigenvalue weighted by atomic mass is 15.2. The van der Waals surface area contributed by atoms with Crippen molar-refractivity contribution in [3.63, 3.8) is 0 Å². The number of hydrogen-bond donors (Lipinski definition) is 2. The number of aromatic nitrogens is 3. The molecular weight excluding hydrogens is 224 g/mol. The van der Waals surface area contributed by atoms with Crippen LogP contribution in [0.15, 0.2) is 30.5 Å². The Hall–Kier alpha value is -2.10. The first kappa shape index (κ1) is 11.0. The number of rotatable bonds is 2. The fraction of sp³-hybridized carbons (Fsp3) is 0.286. The van der Waals surface area contributed by atoms with Crippen molar-refractivity contribution in [1.82, 2.24) is 15.2 Å². The summed E-state index contributed by atoms with van der Waals surface area (Å²) in [7, 11) is 0. The first-order valence-corrected chi connectivity index (χ1v) is 6.31. The molecule has 0 atom stereocenters. The summed E-state index contributed by atoms with van der Waals surface area (Å²) in [6.45, 7) is 0. The van der Waals surface area contributed by atoms with Crippen LogP contribution in [-0.2, 0) is 0 Å². The zero-order valence-corrected chi connectivity index (χ0v) is 10.2. The van der Waals surface area contributed by atoms with Gasteiger partial charge in [0.1, 0.15) is 11.5 Å². The van der Waals surface area contributed by atoms with Gasteiger partial charge in [0.25, 0.3) is 0 Å². The van der Waals surface area contributed by atoms with Gasteiger partial charge < -0.3 is 5.73 Å². The van der Waals surface area contributed by atoms with E-state index in [1.807, 2.05) is 18.2 Å². The Morgan fingerprint density at radius 2 is 2.17 bits per heavy atom. The molecule has 1 aliphatic carbocycles. The zero-order valence-electron chi connectivity index (χ0n) is 10.2. The summed E-state index contributed by atoms with van der Waals surface area (Å²) in [5.41, 5.74) is 10.1. The van der Waals surface area contributed by atoms with Crippen LogP contribution in [0.25, 0.3) is 17.0 Å². The molecule has 18 heavy (non-hydrogen) atoms. The standard InChI is InChI=1S/C14H16N4/c15-14-12(10-6-2-1-3-7-10)13(17-18-14)11-8-4-5-9-16-11/h4-6,8-9H,1-3,7H2,(H3,15,17,18). The van der Waals surface area contributed by atoms with E-state index in [0.717, 1.165) is 29.8 Å². The van der Waals surface area contributed by atoms with Crippen LogP contribution in [0.3, 0.4) is 0 Å². The summed E-state index contributed by atoms with van der Waals surface area (Å²) in [5.74, 6) is 0.642. The van der Waals surface area contributed by atoms with Crippen LogP contribution in [-0.4, -0.2) is 15.2 Å². The van der Waals surface area contributed by atoms with Gasteiger partial charge in [-0.25, -0.2) is 0 Å².